The maximum Gasteiger partial charge on any atom is 0.287 e. The van der Waals surface area contributed by atoms with Crippen LogP contribution in [0.3, 0.4) is 0 Å². The minimum atomic E-state index is -0.523. The summed E-state index contributed by atoms with van der Waals surface area (Å²) in [6.45, 7) is 9.38. The number of nitrogens with zero attached hydrogens (tertiary/aromatic N) is 11. The number of fused-ring (bicyclic) bond motifs is 5. The number of carbonyl (C=O) groups is 2. The largest absolute Gasteiger partial charge is 0.454 e. The van der Waals surface area contributed by atoms with Crippen LogP contribution in [0, 0.1) is 78.0 Å². The fourth-order valence-corrected chi connectivity index (χ4v) is 5.96. The third-order valence-electron chi connectivity index (χ3n) is 9.34. The fourth-order valence-electron chi connectivity index (χ4n) is 5.96. The maximum absolute atomic E-state index is 11.5. The molecule has 24 heteroatoms. The van der Waals surface area contributed by atoms with Crippen LogP contribution in [0.15, 0.2) is 58.2 Å². The zero-order valence-corrected chi connectivity index (χ0v) is 64.4. The van der Waals surface area contributed by atoms with E-state index in [1.165, 1.54) is 21.1 Å². The molecule has 341 valence electrons. The van der Waals surface area contributed by atoms with E-state index in [1.807, 2.05) is 47.9 Å². The Balaban J connectivity index is -0.000000383. The van der Waals surface area contributed by atoms with Gasteiger partial charge in [0.1, 0.15) is 0 Å². The first-order valence-corrected chi connectivity index (χ1v) is 17.9. The fraction of sp³-hybridized carbons (Fsp3) is 0.227. The summed E-state index contributed by atoms with van der Waals surface area (Å²) in [5, 5.41) is 6.98. The minimum absolute atomic E-state index is 0. The third-order valence-corrected chi connectivity index (χ3v) is 9.34. The Labute approximate surface area is 582 Å². The number of pyridine rings is 5. The van der Waals surface area contributed by atoms with E-state index in [9.17, 15) is 19.2 Å². The van der Waals surface area contributed by atoms with Crippen molar-refractivity contribution in [2.24, 2.45) is 28.2 Å². The van der Waals surface area contributed by atoms with Gasteiger partial charge in [-0.05, 0) is 39.9 Å². The minimum Gasteiger partial charge on any atom is -0.454 e. The van der Waals surface area contributed by atoms with E-state index in [4.69, 9.17) is 4.11 Å². The topological polar surface area (TPSA) is 169 Å². The number of aromatic nitrogens is 10. The summed E-state index contributed by atoms with van der Waals surface area (Å²) in [5.74, 6) is -0.586. The number of amides is 1. The van der Waals surface area contributed by atoms with Gasteiger partial charge < -0.3 is 53.0 Å². The molecule has 0 aromatic carbocycles. The van der Waals surface area contributed by atoms with Gasteiger partial charge in [-0.25, -0.2) is 5.56 Å². The van der Waals surface area contributed by atoms with Gasteiger partial charge in [-0.3, -0.25) is 19.5 Å². The van der Waals surface area contributed by atoms with Gasteiger partial charge >= 0.3 is 0 Å². The molecule has 1 aliphatic heterocycles. The number of carbonyl (C=O) groups excluding carboxylic acids is 2. The molecule has 0 unspecified atom stereocenters. The van der Waals surface area contributed by atoms with Gasteiger partial charge in [0.2, 0.25) is 5.78 Å². The summed E-state index contributed by atoms with van der Waals surface area (Å²) >= 11 is 0. The van der Waals surface area contributed by atoms with Crippen LogP contribution in [-0.2, 0) is 281 Å². The zero-order valence-electron chi connectivity index (χ0n) is 41.5. The molecule has 5 radical (unpaired) electrons. The molecule has 9 aromatic heterocycles. The second-order valence-electron chi connectivity index (χ2n) is 13.5. The molecule has 0 aliphatic carbocycles. The van der Waals surface area contributed by atoms with Crippen molar-refractivity contribution in [3.63, 3.8) is 0 Å². The van der Waals surface area contributed by atoms with Gasteiger partial charge in [-0.1, -0.05) is 77.8 Å². The SMILES string of the molecule is Cc1c[c-]nc2c1C(=O)C(=O)N2C.Cc1c[c-]nc2c1[c-]nn2C.[3H][c-]1c(=O)c2c(C)c[c-]nc2n1C.[3H][c-]1c(=O)n(C)c2n[c-]cc(C)c21.[3H]c1[c-]n(C)c2n[c-]cc(C)c12.[W].[W].[W].[W].[Y].[Y].[Y].[Y].[Y]. The number of rotatable bonds is 0. The molecule has 0 atom stereocenters. The van der Waals surface area contributed by atoms with Crippen molar-refractivity contribution < 1.29 is 262 Å². The summed E-state index contributed by atoms with van der Waals surface area (Å²) in [7, 11) is 8.49. The van der Waals surface area contributed by atoms with Crippen molar-refractivity contribution in [1.82, 2.24) is 48.4 Å². The molecule has 0 saturated carbocycles. The maximum atomic E-state index is 11.5. The van der Waals surface area contributed by atoms with Crippen LogP contribution in [0.25, 0.3) is 44.1 Å². The second kappa shape index (κ2) is 34.4. The number of likely N-dealkylation sites (N-methyl/N-ethyl adjacent to an activating group) is 1. The van der Waals surface area contributed by atoms with Crippen molar-refractivity contribution in [3.05, 3.63) is 146 Å². The summed E-state index contributed by atoms with van der Waals surface area (Å²) in [5.41, 5.74) is 7.12. The van der Waals surface area contributed by atoms with Crippen molar-refractivity contribution in [1.29, 1.82) is 0 Å². The van der Waals surface area contributed by atoms with Crippen LogP contribution in [0.5, 0.6) is 0 Å². The molecule has 9 aromatic rings. The predicted molar refractivity (Wildman–Crippen MR) is 222 cm³/mol. The van der Waals surface area contributed by atoms with Crippen LogP contribution in [-0.4, -0.2) is 67.1 Å². The Morgan fingerprint density at radius 1 is 0.618 bits per heavy atom. The molecule has 0 fully saturated rings. The first-order valence-electron chi connectivity index (χ1n) is 19.4. The van der Waals surface area contributed by atoms with E-state index in [0.29, 0.717) is 39.5 Å². The normalized spacial score (nSPS) is 10.8. The molecule has 0 saturated heterocycles. The van der Waals surface area contributed by atoms with Crippen LogP contribution in [0.2, 0.25) is 0 Å². The average Bonchev–Trinajstić information content (AvgIpc) is 3.97. The second-order valence-corrected chi connectivity index (χ2v) is 13.5. The van der Waals surface area contributed by atoms with Crippen LogP contribution in [0.1, 0.15) is 42.3 Å². The van der Waals surface area contributed by atoms with Crippen molar-refractivity contribution in [2.45, 2.75) is 34.6 Å². The van der Waals surface area contributed by atoms with Gasteiger partial charge in [0.05, 0.1) is 5.43 Å². The first-order chi connectivity index (χ1) is 29.4. The molecule has 10 rings (SSSR count). The molecular weight excluding hydrogens is 1930 g/mol. The molecule has 15 nitrogen and oxygen atoms in total. The molecule has 1 amide bonds. The summed E-state index contributed by atoms with van der Waals surface area (Å²) < 4.78 is 28.9. The Morgan fingerprint density at radius 3 is 1.66 bits per heavy atom. The van der Waals surface area contributed by atoms with Gasteiger partial charge in [-0.15, -0.1) is 27.9 Å². The quantitative estimate of drug-likeness (QED) is 0.159. The molecule has 0 N–H and O–H groups in total. The molecule has 0 bridgehead atoms. The van der Waals surface area contributed by atoms with E-state index in [2.05, 4.69) is 73.4 Å². The zero-order chi connectivity index (χ0) is 45.3. The van der Waals surface area contributed by atoms with E-state index < -0.39 is 11.7 Å². The van der Waals surface area contributed by atoms with Gasteiger partial charge in [0, 0.05) is 287 Å². The van der Waals surface area contributed by atoms with E-state index in [1.54, 1.807) is 54.5 Å². The third kappa shape index (κ3) is 17.5. The number of anilines is 1. The number of Topliss-reactive ketones (excluding diaryl/α,β-unsaturated/α-hetero) is 1. The Morgan fingerprint density at radius 2 is 1.12 bits per heavy atom. The monoisotopic (exact) mass is 1970 g/mol. The molecular formula is C44H38N11O4W4Y5-9. The standard InChI is InChI=1S/C9H7N2O2.2C9H8N2O.C9H8N2.C8H7N3.4W.5Y/c1-5-3-4-10-8-6(5)7(12)9(13)11(8)2;1-6-3-4-10-9-8(6)7(12)5-11(9)2;1-6-3-4-10-9-7(6)5-8(12)11(9)2;1-7-3-5-10-9-8(7)4-6-11(9)2;1-6-3-4-9-8-7(6)5-10-11(8)2;;;;;;;;;/h3H,1-2H3;2*3,5H,1-2H3;3-4H,1-2H3;3H,1-2H3;;;;;;;;;/q-1;4*-2;;;;;;;;;/i;2*5T;4T;;;;;;;;;;. The Kier molecular flexibility index (Phi) is 34.9. The van der Waals surface area contributed by atoms with E-state index >= 15 is 0 Å². The van der Waals surface area contributed by atoms with Crippen molar-refractivity contribution >= 4 is 61.6 Å². The average molecular weight is 1970 g/mol. The van der Waals surface area contributed by atoms with Gasteiger partial charge in [0.15, 0.2) is 5.56 Å². The van der Waals surface area contributed by atoms with E-state index in [-0.39, 0.29) is 271 Å². The smallest absolute Gasteiger partial charge is 0.287 e. The van der Waals surface area contributed by atoms with Crippen molar-refractivity contribution in [2.75, 3.05) is 11.9 Å². The number of ketones is 1. The van der Waals surface area contributed by atoms with Crippen LogP contribution >= 0.6 is 0 Å². The first kappa shape index (κ1) is 68.9. The van der Waals surface area contributed by atoms with Gasteiger partial charge in [0.25, 0.3) is 5.91 Å². The Hall–Kier alpha value is 0.853. The number of hydrogen-bond acceptors (Lipinski definition) is 10. The Bertz CT molecular complexity index is 3340. The number of hydrogen-bond donors (Lipinski definition) is 0. The molecule has 1 aliphatic rings. The predicted octanol–water partition coefficient (Wildman–Crippen LogP) is 4.21. The van der Waals surface area contributed by atoms with E-state index in [0.717, 1.165) is 49.9 Å². The molecule has 68 heavy (non-hydrogen) atoms. The van der Waals surface area contributed by atoms with Gasteiger partial charge in [-0.2, -0.15) is 58.5 Å². The summed E-state index contributed by atoms with van der Waals surface area (Å²) in [4.78, 5) is 66.6. The van der Waals surface area contributed by atoms with Crippen LogP contribution < -0.4 is 15.9 Å². The number of aryl methyl sites for hydroxylation is 9. The van der Waals surface area contributed by atoms with Crippen LogP contribution in [0.4, 0.5) is 5.82 Å². The molecule has 10 heterocycles. The summed E-state index contributed by atoms with van der Waals surface area (Å²) in [6.07, 6.45) is 19.3. The van der Waals surface area contributed by atoms with Crippen molar-refractivity contribution in [3.8, 4) is 0 Å². The summed E-state index contributed by atoms with van der Waals surface area (Å²) in [6, 6.07) is 8.99. The molecule has 0 spiro atoms.